The minimum atomic E-state index is -1.07. The van der Waals surface area contributed by atoms with Crippen LogP contribution in [0.5, 0.6) is 0 Å². The van der Waals surface area contributed by atoms with Gasteiger partial charge in [-0.1, -0.05) is 12.1 Å². The largest absolute Gasteiger partial charge is 0.456 e. The molecule has 0 amide bonds. The van der Waals surface area contributed by atoms with Gasteiger partial charge in [-0.3, -0.25) is 0 Å². The van der Waals surface area contributed by atoms with Crippen LogP contribution >= 0.6 is 0 Å². The summed E-state index contributed by atoms with van der Waals surface area (Å²) in [5.74, 6) is -0.458. The minimum Gasteiger partial charge on any atom is -0.456 e. The van der Waals surface area contributed by atoms with E-state index in [0.29, 0.717) is 11.1 Å². The van der Waals surface area contributed by atoms with Crippen molar-refractivity contribution in [2.45, 2.75) is 45.0 Å². The summed E-state index contributed by atoms with van der Waals surface area (Å²) in [7, 11) is 0. The Bertz CT molecular complexity index is 453. The maximum absolute atomic E-state index is 11.9. The molecule has 0 aliphatic carbocycles. The molecule has 1 aromatic rings. The Labute approximate surface area is 119 Å². The van der Waals surface area contributed by atoms with E-state index in [9.17, 15) is 15.0 Å². The van der Waals surface area contributed by atoms with Gasteiger partial charge in [0.1, 0.15) is 11.7 Å². The van der Waals surface area contributed by atoms with Crippen molar-refractivity contribution in [3.63, 3.8) is 0 Å². The Morgan fingerprint density at radius 2 is 2.00 bits per heavy atom. The molecule has 0 spiro atoms. The molecule has 0 aliphatic rings. The van der Waals surface area contributed by atoms with Gasteiger partial charge in [0, 0.05) is 0 Å². The average Bonchev–Trinajstić information content (AvgIpc) is 2.36. The molecule has 5 nitrogen and oxygen atoms in total. The second kappa shape index (κ2) is 6.83. The number of ether oxygens (including phenoxy) is 1. The number of rotatable bonds is 5. The van der Waals surface area contributed by atoms with E-state index in [1.165, 1.54) is 6.07 Å². The van der Waals surface area contributed by atoms with Crippen molar-refractivity contribution in [2.75, 3.05) is 6.54 Å². The van der Waals surface area contributed by atoms with Crippen molar-refractivity contribution in [3.05, 3.63) is 35.4 Å². The summed E-state index contributed by atoms with van der Waals surface area (Å²) >= 11 is 0. The highest BCUT2D eigenvalue weighted by Crippen LogP contribution is 2.21. The molecule has 0 radical (unpaired) electrons. The van der Waals surface area contributed by atoms with E-state index in [1.807, 2.05) is 0 Å². The Hall–Kier alpha value is -1.43. The van der Waals surface area contributed by atoms with Gasteiger partial charge in [-0.25, -0.2) is 4.79 Å². The molecule has 0 saturated carbocycles. The lowest BCUT2D eigenvalue weighted by Crippen LogP contribution is -2.24. The van der Waals surface area contributed by atoms with E-state index >= 15 is 0 Å². The number of benzene rings is 1. The third kappa shape index (κ3) is 4.92. The molecule has 0 heterocycles. The van der Waals surface area contributed by atoms with E-state index in [-0.39, 0.29) is 13.0 Å². The molecular weight excluding hydrogens is 258 g/mol. The zero-order valence-electron chi connectivity index (χ0n) is 12.2. The molecule has 20 heavy (non-hydrogen) atoms. The summed E-state index contributed by atoms with van der Waals surface area (Å²) in [6, 6.07) is 6.43. The van der Waals surface area contributed by atoms with Crippen LogP contribution in [0.1, 0.15) is 49.2 Å². The predicted octanol–water partition coefficient (Wildman–Crippen LogP) is 1.39. The second-order valence-electron chi connectivity index (χ2n) is 5.72. The molecule has 2 unspecified atom stereocenters. The number of aliphatic hydroxyl groups is 2. The van der Waals surface area contributed by atoms with Crippen molar-refractivity contribution >= 4 is 5.97 Å². The molecule has 112 valence electrons. The van der Waals surface area contributed by atoms with Gasteiger partial charge in [-0.15, -0.1) is 0 Å². The Morgan fingerprint density at radius 1 is 1.35 bits per heavy atom. The Kier molecular flexibility index (Phi) is 5.68. The first-order valence-electron chi connectivity index (χ1n) is 6.64. The Balaban J connectivity index is 2.88. The zero-order chi connectivity index (χ0) is 15.3. The van der Waals surface area contributed by atoms with Crippen LogP contribution in [-0.4, -0.2) is 34.4 Å². The lowest BCUT2D eigenvalue weighted by Gasteiger charge is -2.21. The molecule has 0 fully saturated rings. The van der Waals surface area contributed by atoms with Gasteiger partial charge in [0.05, 0.1) is 11.7 Å². The second-order valence-corrected chi connectivity index (χ2v) is 5.72. The normalized spacial score (nSPS) is 14.7. The van der Waals surface area contributed by atoms with E-state index in [1.54, 1.807) is 39.0 Å². The SMILES string of the molecule is CC(C)(C)OC(=O)c1cccc(C(O)C(O)CCN)c1. The van der Waals surface area contributed by atoms with Gasteiger partial charge in [0.15, 0.2) is 0 Å². The van der Waals surface area contributed by atoms with E-state index < -0.39 is 23.8 Å². The molecule has 5 heteroatoms. The van der Waals surface area contributed by atoms with Crippen LogP contribution < -0.4 is 5.73 Å². The third-order valence-corrected chi connectivity index (χ3v) is 2.69. The molecule has 1 rings (SSSR count). The molecule has 2 atom stereocenters. The van der Waals surface area contributed by atoms with E-state index in [2.05, 4.69) is 0 Å². The number of carbonyl (C=O) groups is 1. The van der Waals surface area contributed by atoms with Crippen LogP contribution in [0.3, 0.4) is 0 Å². The zero-order valence-corrected chi connectivity index (χ0v) is 12.2. The molecule has 4 N–H and O–H groups in total. The van der Waals surface area contributed by atoms with Crippen LogP contribution in [0.15, 0.2) is 24.3 Å². The highest BCUT2D eigenvalue weighted by molar-refractivity contribution is 5.89. The van der Waals surface area contributed by atoms with Crippen molar-refractivity contribution in [1.82, 2.24) is 0 Å². The maximum Gasteiger partial charge on any atom is 0.338 e. The van der Waals surface area contributed by atoms with Gasteiger partial charge >= 0.3 is 5.97 Å². The Morgan fingerprint density at radius 3 is 2.55 bits per heavy atom. The average molecular weight is 281 g/mol. The molecule has 0 saturated heterocycles. The molecular formula is C15H23NO4. The fourth-order valence-corrected chi connectivity index (χ4v) is 1.74. The number of carbonyl (C=O) groups excluding carboxylic acids is 1. The van der Waals surface area contributed by atoms with Gasteiger partial charge in [-0.2, -0.15) is 0 Å². The maximum atomic E-state index is 11.9. The first kappa shape index (κ1) is 16.6. The molecule has 0 aliphatic heterocycles. The topological polar surface area (TPSA) is 92.8 Å². The number of nitrogens with two attached hydrogens (primary N) is 1. The summed E-state index contributed by atoms with van der Waals surface area (Å²) in [5.41, 5.74) is 5.58. The van der Waals surface area contributed by atoms with Crippen molar-refractivity contribution in [2.24, 2.45) is 5.73 Å². The minimum absolute atomic E-state index is 0.282. The first-order chi connectivity index (χ1) is 9.24. The van der Waals surface area contributed by atoms with Crippen LogP contribution in [0, 0.1) is 0 Å². The summed E-state index contributed by atoms with van der Waals surface area (Å²) in [6.07, 6.45) is -1.73. The highest BCUT2D eigenvalue weighted by atomic mass is 16.6. The lowest BCUT2D eigenvalue weighted by atomic mass is 10.00. The van der Waals surface area contributed by atoms with Gasteiger partial charge in [-0.05, 0) is 51.4 Å². The standard InChI is InChI=1S/C15H23NO4/c1-15(2,3)20-14(19)11-6-4-5-10(9-11)13(18)12(17)7-8-16/h4-6,9,12-13,17-18H,7-8,16H2,1-3H3. The number of hydrogen-bond donors (Lipinski definition) is 3. The molecule has 1 aromatic carbocycles. The summed E-state index contributed by atoms with van der Waals surface area (Å²) in [4.78, 5) is 11.9. The van der Waals surface area contributed by atoms with Crippen molar-refractivity contribution in [3.8, 4) is 0 Å². The molecule has 0 bridgehead atoms. The third-order valence-electron chi connectivity index (χ3n) is 2.69. The number of hydrogen-bond acceptors (Lipinski definition) is 5. The van der Waals surface area contributed by atoms with Gasteiger partial charge in [0.25, 0.3) is 0 Å². The number of aliphatic hydroxyl groups excluding tert-OH is 2. The van der Waals surface area contributed by atoms with Gasteiger partial charge < -0.3 is 20.7 Å². The van der Waals surface area contributed by atoms with E-state index in [0.717, 1.165) is 0 Å². The van der Waals surface area contributed by atoms with Crippen molar-refractivity contribution < 1.29 is 19.7 Å². The fraction of sp³-hybridized carbons (Fsp3) is 0.533. The van der Waals surface area contributed by atoms with Crippen molar-refractivity contribution in [1.29, 1.82) is 0 Å². The summed E-state index contributed by atoms with van der Waals surface area (Å²) in [6.45, 7) is 5.64. The molecule has 0 aromatic heterocycles. The van der Waals surface area contributed by atoms with Crippen LogP contribution in [0.4, 0.5) is 0 Å². The van der Waals surface area contributed by atoms with E-state index in [4.69, 9.17) is 10.5 Å². The fourth-order valence-electron chi connectivity index (χ4n) is 1.74. The summed E-state index contributed by atoms with van der Waals surface area (Å²) < 4.78 is 5.26. The lowest BCUT2D eigenvalue weighted by molar-refractivity contribution is 0.00640. The smallest absolute Gasteiger partial charge is 0.338 e. The van der Waals surface area contributed by atoms with Crippen LogP contribution in [0.2, 0.25) is 0 Å². The predicted molar refractivity (Wildman–Crippen MR) is 76.2 cm³/mol. The first-order valence-corrected chi connectivity index (χ1v) is 6.64. The summed E-state index contributed by atoms with van der Waals surface area (Å²) in [5, 5.41) is 19.7. The van der Waals surface area contributed by atoms with Crippen LogP contribution in [0.25, 0.3) is 0 Å². The number of esters is 1. The quantitative estimate of drug-likeness (QED) is 0.709. The van der Waals surface area contributed by atoms with Crippen LogP contribution in [-0.2, 0) is 4.74 Å². The highest BCUT2D eigenvalue weighted by Gasteiger charge is 2.21. The van der Waals surface area contributed by atoms with Gasteiger partial charge in [0.2, 0.25) is 0 Å². The monoisotopic (exact) mass is 281 g/mol.